The lowest BCUT2D eigenvalue weighted by atomic mass is 10.1. The molecule has 2 N–H and O–H groups in total. The number of nitrogens with one attached hydrogen (secondary N) is 2. The number of hydrogen-bond donors (Lipinski definition) is 2. The summed E-state index contributed by atoms with van der Waals surface area (Å²) in [6.45, 7) is 10.7. The maximum absolute atomic E-state index is 11.7. The van der Waals surface area contributed by atoms with Crippen LogP contribution in [0.3, 0.4) is 0 Å². The molecule has 0 saturated carbocycles. The summed E-state index contributed by atoms with van der Waals surface area (Å²) in [6.07, 6.45) is 1.63. The highest BCUT2D eigenvalue weighted by atomic mass is 16.5. The molecular formula is C14H29N3O2. The molecule has 0 radical (unpaired) electrons. The fraction of sp³-hybridized carbons (Fsp3) is 0.929. The number of morpholine rings is 1. The van der Waals surface area contributed by atoms with Gasteiger partial charge >= 0.3 is 0 Å². The molecule has 3 atom stereocenters. The lowest BCUT2D eigenvalue weighted by Crippen LogP contribution is -2.46. The monoisotopic (exact) mass is 271 g/mol. The molecule has 0 aromatic carbocycles. The second-order valence-electron chi connectivity index (χ2n) is 5.62. The maximum atomic E-state index is 11.7. The van der Waals surface area contributed by atoms with Gasteiger partial charge in [-0.15, -0.1) is 0 Å². The summed E-state index contributed by atoms with van der Waals surface area (Å²) in [5.74, 6) is 0.173. The number of amides is 1. The molecule has 0 aromatic heterocycles. The first-order chi connectivity index (χ1) is 9.02. The summed E-state index contributed by atoms with van der Waals surface area (Å²) in [5, 5.41) is 6.01. The minimum absolute atomic E-state index is 0.0356. The minimum atomic E-state index is 0.0356. The molecule has 5 nitrogen and oxygen atoms in total. The van der Waals surface area contributed by atoms with Crippen LogP contribution in [0.15, 0.2) is 0 Å². The first-order valence-corrected chi connectivity index (χ1v) is 7.33. The minimum Gasteiger partial charge on any atom is -0.373 e. The molecule has 0 spiro atoms. The summed E-state index contributed by atoms with van der Waals surface area (Å²) >= 11 is 0. The number of carbonyl (C=O) groups is 1. The number of ether oxygens (including phenoxy) is 1. The average Bonchev–Trinajstić information content (AvgIpc) is 2.33. The van der Waals surface area contributed by atoms with Gasteiger partial charge in [-0.05, 0) is 27.3 Å². The summed E-state index contributed by atoms with van der Waals surface area (Å²) in [4.78, 5) is 14.1. The van der Waals surface area contributed by atoms with Crippen molar-refractivity contribution < 1.29 is 9.53 Å². The van der Waals surface area contributed by atoms with Gasteiger partial charge < -0.3 is 15.4 Å². The molecule has 1 fully saturated rings. The van der Waals surface area contributed by atoms with Crippen molar-refractivity contribution in [3.63, 3.8) is 0 Å². The second-order valence-corrected chi connectivity index (χ2v) is 5.62. The molecule has 1 aliphatic rings. The van der Waals surface area contributed by atoms with E-state index in [1.807, 2.05) is 14.0 Å². The third kappa shape index (κ3) is 6.36. The van der Waals surface area contributed by atoms with Gasteiger partial charge in [0.15, 0.2) is 0 Å². The van der Waals surface area contributed by atoms with E-state index in [0.717, 1.165) is 39.1 Å². The number of carbonyl (C=O) groups excluding carboxylic acids is 1. The lowest BCUT2D eigenvalue weighted by Gasteiger charge is -2.35. The van der Waals surface area contributed by atoms with Crippen LogP contribution in [-0.4, -0.2) is 62.8 Å². The molecule has 19 heavy (non-hydrogen) atoms. The molecule has 112 valence electrons. The molecule has 0 bridgehead atoms. The molecule has 0 aromatic rings. The van der Waals surface area contributed by atoms with E-state index in [1.54, 1.807) is 0 Å². The molecule has 1 amide bonds. The van der Waals surface area contributed by atoms with Crippen molar-refractivity contribution in [3.05, 3.63) is 0 Å². The molecule has 1 rings (SSSR count). The van der Waals surface area contributed by atoms with Gasteiger partial charge in [-0.3, -0.25) is 9.69 Å². The summed E-state index contributed by atoms with van der Waals surface area (Å²) < 4.78 is 5.70. The second kappa shape index (κ2) is 8.51. The van der Waals surface area contributed by atoms with Gasteiger partial charge in [0.05, 0.1) is 12.2 Å². The summed E-state index contributed by atoms with van der Waals surface area (Å²) in [6, 6.07) is 0. The van der Waals surface area contributed by atoms with Crippen LogP contribution in [0, 0.1) is 5.92 Å². The SMILES string of the molecule is CNCC(C)C(=O)NCCCN1CC(C)OC(C)C1. The van der Waals surface area contributed by atoms with Crippen molar-refractivity contribution >= 4 is 5.91 Å². The highest BCUT2D eigenvalue weighted by Gasteiger charge is 2.21. The molecule has 1 heterocycles. The fourth-order valence-corrected chi connectivity index (χ4v) is 2.55. The molecule has 1 aliphatic heterocycles. The van der Waals surface area contributed by atoms with Gasteiger partial charge in [0, 0.05) is 38.6 Å². The predicted octanol–water partition coefficient (Wildman–Crippen LogP) is 0.457. The first-order valence-electron chi connectivity index (χ1n) is 7.33. The molecule has 3 unspecified atom stereocenters. The Bertz CT molecular complexity index is 263. The van der Waals surface area contributed by atoms with Crippen molar-refractivity contribution in [2.45, 2.75) is 39.4 Å². The fourth-order valence-electron chi connectivity index (χ4n) is 2.55. The smallest absolute Gasteiger partial charge is 0.224 e. The molecule has 5 heteroatoms. The number of nitrogens with zero attached hydrogens (tertiary/aromatic N) is 1. The van der Waals surface area contributed by atoms with Crippen LogP contribution in [0.1, 0.15) is 27.2 Å². The summed E-state index contributed by atoms with van der Waals surface area (Å²) in [5.41, 5.74) is 0. The summed E-state index contributed by atoms with van der Waals surface area (Å²) in [7, 11) is 1.87. The Morgan fingerprint density at radius 2 is 2.00 bits per heavy atom. The van der Waals surface area contributed by atoms with Crippen molar-refractivity contribution in [1.82, 2.24) is 15.5 Å². The van der Waals surface area contributed by atoms with E-state index in [4.69, 9.17) is 4.74 Å². The van der Waals surface area contributed by atoms with E-state index in [9.17, 15) is 4.79 Å². The van der Waals surface area contributed by atoms with Crippen LogP contribution < -0.4 is 10.6 Å². The van der Waals surface area contributed by atoms with Crippen LogP contribution in [-0.2, 0) is 9.53 Å². The van der Waals surface area contributed by atoms with Crippen LogP contribution in [0.4, 0.5) is 0 Å². The standard InChI is InChI=1S/C14H29N3O2/c1-11(8-15-4)14(18)16-6-5-7-17-9-12(2)19-13(3)10-17/h11-13,15H,5-10H2,1-4H3,(H,16,18). The van der Waals surface area contributed by atoms with Gasteiger partial charge in [0.2, 0.25) is 5.91 Å². The van der Waals surface area contributed by atoms with Crippen molar-refractivity contribution in [2.24, 2.45) is 5.92 Å². The van der Waals surface area contributed by atoms with Gasteiger partial charge in [-0.2, -0.15) is 0 Å². The molecule has 0 aliphatic carbocycles. The zero-order chi connectivity index (χ0) is 14.3. The van der Waals surface area contributed by atoms with Gasteiger partial charge in [0.1, 0.15) is 0 Å². The van der Waals surface area contributed by atoms with E-state index < -0.39 is 0 Å². The van der Waals surface area contributed by atoms with Gasteiger partial charge in [-0.25, -0.2) is 0 Å². The zero-order valence-corrected chi connectivity index (χ0v) is 12.7. The Morgan fingerprint density at radius 1 is 1.37 bits per heavy atom. The predicted molar refractivity (Wildman–Crippen MR) is 77.2 cm³/mol. The van der Waals surface area contributed by atoms with Gasteiger partial charge in [-0.1, -0.05) is 6.92 Å². The van der Waals surface area contributed by atoms with Crippen molar-refractivity contribution in [3.8, 4) is 0 Å². The Labute approximate surface area is 117 Å². The zero-order valence-electron chi connectivity index (χ0n) is 12.7. The average molecular weight is 271 g/mol. The van der Waals surface area contributed by atoms with Gasteiger partial charge in [0.25, 0.3) is 0 Å². The van der Waals surface area contributed by atoms with E-state index in [0.29, 0.717) is 12.2 Å². The van der Waals surface area contributed by atoms with E-state index in [2.05, 4.69) is 29.4 Å². The maximum Gasteiger partial charge on any atom is 0.224 e. The Hall–Kier alpha value is -0.650. The van der Waals surface area contributed by atoms with Crippen LogP contribution in [0.5, 0.6) is 0 Å². The van der Waals surface area contributed by atoms with E-state index in [-0.39, 0.29) is 11.8 Å². The normalized spacial score (nSPS) is 26.1. The van der Waals surface area contributed by atoms with Crippen molar-refractivity contribution in [2.75, 3.05) is 39.8 Å². The van der Waals surface area contributed by atoms with E-state index in [1.165, 1.54) is 0 Å². The topological polar surface area (TPSA) is 53.6 Å². The van der Waals surface area contributed by atoms with Crippen LogP contribution >= 0.6 is 0 Å². The Kier molecular flexibility index (Phi) is 7.34. The van der Waals surface area contributed by atoms with Crippen molar-refractivity contribution in [1.29, 1.82) is 0 Å². The highest BCUT2D eigenvalue weighted by molar-refractivity contribution is 5.78. The Morgan fingerprint density at radius 3 is 2.58 bits per heavy atom. The Balaban J connectivity index is 2.11. The van der Waals surface area contributed by atoms with Crippen LogP contribution in [0.25, 0.3) is 0 Å². The number of hydrogen-bond acceptors (Lipinski definition) is 4. The molecule has 1 saturated heterocycles. The third-order valence-corrected chi connectivity index (χ3v) is 3.40. The lowest BCUT2D eigenvalue weighted by molar-refractivity contribution is -0.124. The van der Waals surface area contributed by atoms with E-state index >= 15 is 0 Å². The number of rotatable bonds is 7. The highest BCUT2D eigenvalue weighted by Crippen LogP contribution is 2.10. The largest absolute Gasteiger partial charge is 0.373 e. The van der Waals surface area contributed by atoms with Crippen LogP contribution in [0.2, 0.25) is 0 Å². The molecular weight excluding hydrogens is 242 g/mol. The quantitative estimate of drug-likeness (QED) is 0.661. The first kappa shape index (κ1) is 16.4. The third-order valence-electron chi connectivity index (χ3n) is 3.40.